The lowest BCUT2D eigenvalue weighted by Crippen LogP contribution is -2.39. The van der Waals surface area contributed by atoms with Crippen LogP contribution in [0.4, 0.5) is 0 Å². The molecule has 1 heterocycles. The van der Waals surface area contributed by atoms with E-state index in [2.05, 4.69) is 28.7 Å². The number of Topliss-reactive ketones (excluding diaryl/α,β-unsaturated/α-hetero) is 1. The Labute approximate surface area is 101 Å². The lowest BCUT2D eigenvalue weighted by atomic mass is 10.1. The van der Waals surface area contributed by atoms with E-state index < -0.39 is 0 Å². The molecular formula is C13H19NOS. The van der Waals surface area contributed by atoms with Crippen molar-refractivity contribution >= 4 is 17.1 Å². The fourth-order valence-electron chi connectivity index (χ4n) is 2.06. The van der Waals surface area contributed by atoms with E-state index in [9.17, 15) is 4.79 Å². The topological polar surface area (TPSA) is 20.3 Å². The molecule has 0 spiro atoms. The van der Waals surface area contributed by atoms with Gasteiger partial charge in [-0.25, -0.2) is 0 Å². The van der Waals surface area contributed by atoms with Crippen molar-refractivity contribution in [1.29, 1.82) is 0 Å². The largest absolute Gasteiger partial charge is 0.298 e. The van der Waals surface area contributed by atoms with Crippen molar-refractivity contribution in [3.63, 3.8) is 0 Å². The van der Waals surface area contributed by atoms with Gasteiger partial charge in [0.15, 0.2) is 0 Å². The van der Waals surface area contributed by atoms with Crippen molar-refractivity contribution in [2.24, 2.45) is 0 Å². The van der Waals surface area contributed by atoms with Crippen molar-refractivity contribution < 1.29 is 4.79 Å². The second-order valence-electron chi connectivity index (χ2n) is 4.53. The molecule has 0 N–H and O–H groups in total. The second kappa shape index (κ2) is 5.11. The van der Waals surface area contributed by atoms with E-state index >= 15 is 0 Å². The lowest BCUT2D eigenvalue weighted by Gasteiger charge is -2.27. The maximum absolute atomic E-state index is 11.8. The third-order valence-corrected chi connectivity index (χ3v) is 4.01. The zero-order valence-corrected chi connectivity index (χ0v) is 10.8. The van der Waals surface area contributed by atoms with Crippen LogP contribution in [0.5, 0.6) is 0 Å². The molecule has 1 aromatic heterocycles. The number of carbonyl (C=O) groups excluding carboxylic acids is 1. The standard InChI is InChI=1S/C13H19NOS/c1-3-13(15)10(2)14(12-4-5-12)8-11-6-7-16-9-11/h6-7,9-10,12H,3-5,8H2,1-2H3. The van der Waals surface area contributed by atoms with Gasteiger partial charge < -0.3 is 0 Å². The van der Waals surface area contributed by atoms with Gasteiger partial charge in [0.25, 0.3) is 0 Å². The normalized spacial score (nSPS) is 17.7. The van der Waals surface area contributed by atoms with Crippen LogP contribution in [0, 0.1) is 0 Å². The summed E-state index contributed by atoms with van der Waals surface area (Å²) in [7, 11) is 0. The SMILES string of the molecule is CCC(=O)C(C)N(Cc1ccsc1)C1CC1. The summed E-state index contributed by atoms with van der Waals surface area (Å²) in [6, 6.07) is 2.88. The van der Waals surface area contributed by atoms with Crippen molar-refractivity contribution in [2.45, 2.75) is 51.7 Å². The molecule has 0 radical (unpaired) electrons. The number of carbonyl (C=O) groups is 1. The number of rotatable bonds is 6. The Morgan fingerprint density at radius 3 is 2.88 bits per heavy atom. The van der Waals surface area contributed by atoms with E-state index in [0.717, 1.165) is 6.54 Å². The van der Waals surface area contributed by atoms with Gasteiger partial charge in [-0.3, -0.25) is 9.69 Å². The van der Waals surface area contributed by atoms with Crippen LogP contribution in [0.3, 0.4) is 0 Å². The molecule has 0 bridgehead atoms. The molecule has 16 heavy (non-hydrogen) atoms. The number of ketones is 1. The van der Waals surface area contributed by atoms with Crippen molar-refractivity contribution in [3.8, 4) is 0 Å². The summed E-state index contributed by atoms with van der Waals surface area (Å²) in [5, 5.41) is 4.28. The summed E-state index contributed by atoms with van der Waals surface area (Å²) in [5.41, 5.74) is 1.34. The molecule has 1 unspecified atom stereocenters. The first kappa shape index (κ1) is 11.8. The Balaban J connectivity index is 2.02. The Morgan fingerprint density at radius 2 is 2.38 bits per heavy atom. The van der Waals surface area contributed by atoms with Gasteiger partial charge in [0.05, 0.1) is 6.04 Å². The van der Waals surface area contributed by atoms with Crippen LogP contribution in [0.15, 0.2) is 16.8 Å². The van der Waals surface area contributed by atoms with Gasteiger partial charge in [0.2, 0.25) is 0 Å². The van der Waals surface area contributed by atoms with Crippen LogP contribution in [-0.4, -0.2) is 22.8 Å². The summed E-state index contributed by atoms with van der Waals surface area (Å²) in [4.78, 5) is 14.1. The van der Waals surface area contributed by atoms with Crippen LogP contribution >= 0.6 is 11.3 Å². The summed E-state index contributed by atoms with van der Waals surface area (Å²) in [5.74, 6) is 0.363. The summed E-state index contributed by atoms with van der Waals surface area (Å²) in [6.45, 7) is 4.94. The fourth-order valence-corrected chi connectivity index (χ4v) is 2.72. The van der Waals surface area contributed by atoms with Gasteiger partial charge in [0.1, 0.15) is 5.78 Å². The smallest absolute Gasteiger partial charge is 0.149 e. The van der Waals surface area contributed by atoms with Crippen LogP contribution in [0.1, 0.15) is 38.7 Å². The molecule has 0 amide bonds. The first-order valence-corrected chi connectivity index (χ1v) is 6.96. The van der Waals surface area contributed by atoms with E-state index in [1.165, 1.54) is 18.4 Å². The van der Waals surface area contributed by atoms with Crippen LogP contribution in [0.25, 0.3) is 0 Å². The van der Waals surface area contributed by atoms with E-state index in [0.29, 0.717) is 18.2 Å². The van der Waals surface area contributed by atoms with Gasteiger partial charge in [-0.1, -0.05) is 6.92 Å². The zero-order valence-electron chi connectivity index (χ0n) is 9.98. The molecule has 1 saturated carbocycles. The van der Waals surface area contributed by atoms with Crippen molar-refractivity contribution in [3.05, 3.63) is 22.4 Å². The third kappa shape index (κ3) is 2.71. The highest BCUT2D eigenvalue weighted by atomic mass is 32.1. The minimum absolute atomic E-state index is 0.0809. The number of thiophene rings is 1. The van der Waals surface area contributed by atoms with Gasteiger partial charge in [-0.2, -0.15) is 11.3 Å². The van der Waals surface area contributed by atoms with Gasteiger partial charge in [-0.15, -0.1) is 0 Å². The molecule has 2 rings (SSSR count). The molecule has 88 valence electrons. The van der Waals surface area contributed by atoms with Gasteiger partial charge in [-0.05, 0) is 42.2 Å². The molecule has 1 aliphatic carbocycles. The average Bonchev–Trinajstić information content (AvgIpc) is 3.01. The average molecular weight is 237 g/mol. The summed E-state index contributed by atoms with van der Waals surface area (Å²) in [6.07, 6.45) is 3.16. The second-order valence-corrected chi connectivity index (χ2v) is 5.31. The monoisotopic (exact) mass is 237 g/mol. The molecule has 2 nitrogen and oxygen atoms in total. The predicted octanol–water partition coefficient (Wildman–Crippen LogP) is 3.08. The van der Waals surface area contributed by atoms with Crippen LogP contribution in [-0.2, 0) is 11.3 Å². The quantitative estimate of drug-likeness (QED) is 0.758. The minimum atomic E-state index is 0.0809. The maximum Gasteiger partial charge on any atom is 0.149 e. The predicted molar refractivity (Wildman–Crippen MR) is 67.6 cm³/mol. The highest BCUT2D eigenvalue weighted by molar-refractivity contribution is 7.07. The lowest BCUT2D eigenvalue weighted by molar-refractivity contribution is -0.123. The van der Waals surface area contributed by atoms with Crippen LogP contribution in [0.2, 0.25) is 0 Å². The van der Waals surface area contributed by atoms with Crippen molar-refractivity contribution in [2.75, 3.05) is 0 Å². The number of hydrogen-bond donors (Lipinski definition) is 0. The molecule has 0 aromatic carbocycles. The van der Waals surface area contributed by atoms with E-state index in [-0.39, 0.29) is 6.04 Å². The third-order valence-electron chi connectivity index (χ3n) is 3.27. The number of nitrogens with zero attached hydrogens (tertiary/aromatic N) is 1. The molecule has 0 saturated heterocycles. The molecule has 3 heteroatoms. The first-order chi connectivity index (χ1) is 7.72. The Bertz CT molecular complexity index is 343. The van der Waals surface area contributed by atoms with Gasteiger partial charge >= 0.3 is 0 Å². The molecule has 0 aliphatic heterocycles. The summed E-state index contributed by atoms with van der Waals surface area (Å²) < 4.78 is 0. The highest BCUT2D eigenvalue weighted by Crippen LogP contribution is 2.30. The maximum atomic E-state index is 11.8. The minimum Gasteiger partial charge on any atom is -0.298 e. The Kier molecular flexibility index (Phi) is 3.77. The first-order valence-electron chi connectivity index (χ1n) is 6.02. The zero-order chi connectivity index (χ0) is 11.5. The molecule has 1 aromatic rings. The highest BCUT2D eigenvalue weighted by Gasteiger charge is 2.34. The van der Waals surface area contributed by atoms with E-state index in [4.69, 9.17) is 0 Å². The summed E-state index contributed by atoms with van der Waals surface area (Å²) >= 11 is 1.73. The van der Waals surface area contributed by atoms with Crippen molar-refractivity contribution in [1.82, 2.24) is 4.90 Å². The Morgan fingerprint density at radius 1 is 1.62 bits per heavy atom. The molecule has 1 atom stereocenters. The molecular weight excluding hydrogens is 218 g/mol. The fraction of sp³-hybridized carbons (Fsp3) is 0.615. The van der Waals surface area contributed by atoms with E-state index in [1.54, 1.807) is 11.3 Å². The van der Waals surface area contributed by atoms with Crippen LogP contribution < -0.4 is 0 Å². The molecule has 1 fully saturated rings. The van der Waals surface area contributed by atoms with E-state index in [1.807, 2.05) is 6.92 Å². The number of hydrogen-bond acceptors (Lipinski definition) is 3. The van der Waals surface area contributed by atoms with Gasteiger partial charge in [0, 0.05) is 19.0 Å². The molecule has 1 aliphatic rings. The Hall–Kier alpha value is -0.670.